The highest BCUT2D eigenvalue weighted by molar-refractivity contribution is 7.99. The van der Waals surface area contributed by atoms with Crippen LogP contribution < -0.4 is 4.74 Å². The molecule has 0 bridgehead atoms. The number of rotatable bonds is 7. The summed E-state index contributed by atoms with van der Waals surface area (Å²) in [5.41, 5.74) is 0.889. The van der Waals surface area contributed by atoms with Crippen LogP contribution in [-0.4, -0.2) is 21.1 Å². The van der Waals surface area contributed by atoms with Crippen molar-refractivity contribution in [2.24, 2.45) is 0 Å². The molecule has 0 amide bonds. The largest absolute Gasteiger partial charge is 0.573 e. The van der Waals surface area contributed by atoms with Gasteiger partial charge in [-0.3, -0.25) is 0 Å². The molecule has 3 rings (SSSR count). The molecule has 1 fully saturated rings. The van der Waals surface area contributed by atoms with E-state index in [0.717, 1.165) is 29.4 Å². The summed E-state index contributed by atoms with van der Waals surface area (Å²) >= 11 is 1.53. The fourth-order valence-corrected chi connectivity index (χ4v) is 3.49. The molecule has 1 aliphatic carbocycles. The van der Waals surface area contributed by atoms with E-state index in [-0.39, 0.29) is 11.0 Å². The number of alkyl halides is 3. The van der Waals surface area contributed by atoms with Crippen molar-refractivity contribution in [3.63, 3.8) is 0 Å². The van der Waals surface area contributed by atoms with E-state index in [0.29, 0.717) is 12.5 Å². The lowest BCUT2D eigenvalue weighted by Gasteiger charge is -2.14. The smallest absolute Gasteiger partial charge is 0.406 e. The van der Waals surface area contributed by atoms with E-state index in [1.807, 2.05) is 13.0 Å². The lowest BCUT2D eigenvalue weighted by Crippen LogP contribution is -2.17. The number of allylic oxidation sites excluding steroid dienone is 1. The van der Waals surface area contributed by atoms with Gasteiger partial charge in [-0.1, -0.05) is 30.0 Å². The third-order valence-electron chi connectivity index (χ3n) is 3.86. The number of hydrogen-bond donors (Lipinski definition) is 0. The van der Waals surface area contributed by atoms with Crippen LogP contribution in [0, 0.1) is 0 Å². The molecule has 4 nitrogen and oxygen atoms in total. The van der Waals surface area contributed by atoms with Crippen LogP contribution in [0.4, 0.5) is 13.2 Å². The first-order chi connectivity index (χ1) is 11.9. The fourth-order valence-electron chi connectivity index (χ4n) is 2.50. The van der Waals surface area contributed by atoms with Gasteiger partial charge >= 0.3 is 6.36 Å². The van der Waals surface area contributed by atoms with Crippen LogP contribution in [0.1, 0.15) is 42.3 Å². The fraction of sp³-hybridized carbons (Fsp3) is 0.412. The topological polar surface area (TPSA) is 39.9 Å². The van der Waals surface area contributed by atoms with E-state index in [2.05, 4.69) is 26.1 Å². The molecule has 0 N–H and O–H groups in total. The van der Waals surface area contributed by atoms with E-state index in [1.54, 1.807) is 12.1 Å². The van der Waals surface area contributed by atoms with Gasteiger partial charge in [0.25, 0.3) is 0 Å². The number of hydrogen-bond acceptors (Lipinski definition) is 4. The lowest BCUT2D eigenvalue weighted by molar-refractivity contribution is -0.274. The molecule has 0 radical (unpaired) electrons. The first kappa shape index (κ1) is 17.8. The maximum Gasteiger partial charge on any atom is 0.573 e. The molecule has 8 heteroatoms. The predicted molar refractivity (Wildman–Crippen MR) is 89.6 cm³/mol. The van der Waals surface area contributed by atoms with Gasteiger partial charge in [0.1, 0.15) is 11.6 Å². The Morgan fingerprint density at radius 3 is 2.56 bits per heavy atom. The molecular formula is C17H18F3N3OS. The summed E-state index contributed by atoms with van der Waals surface area (Å²) < 4.78 is 42.6. The molecule has 1 heterocycles. The number of thioether (sulfide) groups is 1. The van der Waals surface area contributed by atoms with Crippen molar-refractivity contribution in [2.45, 2.75) is 49.0 Å². The summed E-state index contributed by atoms with van der Waals surface area (Å²) in [5, 5.41) is 9.39. The normalized spacial score (nSPS) is 15.8. The average molecular weight is 369 g/mol. The van der Waals surface area contributed by atoms with Crippen LogP contribution in [0.15, 0.2) is 42.1 Å². The summed E-state index contributed by atoms with van der Waals surface area (Å²) in [5.74, 6) is 1.25. The molecule has 1 unspecified atom stereocenters. The van der Waals surface area contributed by atoms with Gasteiger partial charge in [0, 0.05) is 17.7 Å². The number of halogens is 3. The number of aromatic nitrogens is 3. The average Bonchev–Trinajstić information content (AvgIpc) is 3.31. The minimum atomic E-state index is -4.68. The highest BCUT2D eigenvalue weighted by atomic mass is 32.2. The Morgan fingerprint density at radius 1 is 1.32 bits per heavy atom. The molecule has 0 spiro atoms. The molecule has 1 saturated carbocycles. The lowest BCUT2D eigenvalue weighted by atomic mass is 10.2. The first-order valence-corrected chi connectivity index (χ1v) is 8.81. The van der Waals surface area contributed by atoms with Gasteiger partial charge < -0.3 is 9.30 Å². The van der Waals surface area contributed by atoms with Gasteiger partial charge in [0.05, 0.1) is 0 Å². The molecule has 1 atom stereocenters. The van der Waals surface area contributed by atoms with Crippen molar-refractivity contribution in [1.82, 2.24) is 14.8 Å². The Bertz CT molecular complexity index is 739. The van der Waals surface area contributed by atoms with E-state index in [4.69, 9.17) is 0 Å². The summed E-state index contributed by atoms with van der Waals surface area (Å²) in [7, 11) is 0. The Labute approximate surface area is 148 Å². The summed E-state index contributed by atoms with van der Waals surface area (Å²) in [6.07, 6.45) is -0.595. The van der Waals surface area contributed by atoms with E-state index in [1.165, 1.54) is 23.9 Å². The number of benzene rings is 1. The summed E-state index contributed by atoms with van der Waals surface area (Å²) in [6, 6.07) is 5.91. The van der Waals surface area contributed by atoms with Gasteiger partial charge in [-0.25, -0.2) is 0 Å². The van der Waals surface area contributed by atoms with E-state index >= 15 is 0 Å². The minimum Gasteiger partial charge on any atom is -0.406 e. The quantitative estimate of drug-likeness (QED) is 0.503. The monoisotopic (exact) mass is 369 g/mol. The van der Waals surface area contributed by atoms with Gasteiger partial charge in [0.2, 0.25) is 0 Å². The zero-order valence-corrected chi connectivity index (χ0v) is 14.5. The van der Waals surface area contributed by atoms with Crippen LogP contribution in [0.25, 0.3) is 0 Å². The molecule has 0 aliphatic heterocycles. The standard InChI is InChI=1S/C17H18F3N3OS/c1-3-10-23-15(13-4-5-13)21-22-16(23)25-11(2)12-6-8-14(9-7-12)24-17(18,19)20/h3,6-9,11,13H,1,4-5,10H2,2H3. The zero-order valence-electron chi connectivity index (χ0n) is 13.7. The molecule has 1 aromatic carbocycles. The second kappa shape index (κ2) is 7.11. The summed E-state index contributed by atoms with van der Waals surface area (Å²) in [4.78, 5) is 0. The van der Waals surface area contributed by atoms with Crippen LogP contribution in [0.3, 0.4) is 0 Å². The maximum absolute atomic E-state index is 12.2. The minimum absolute atomic E-state index is 0.0137. The molecule has 134 valence electrons. The molecule has 1 aliphatic rings. The first-order valence-electron chi connectivity index (χ1n) is 7.93. The molecular weight excluding hydrogens is 351 g/mol. The Morgan fingerprint density at radius 2 is 2.00 bits per heavy atom. The van der Waals surface area contributed by atoms with Gasteiger partial charge in [-0.15, -0.1) is 29.9 Å². The van der Waals surface area contributed by atoms with Crippen LogP contribution in [0.2, 0.25) is 0 Å². The van der Waals surface area contributed by atoms with Crippen molar-refractivity contribution in [1.29, 1.82) is 0 Å². The summed E-state index contributed by atoms with van der Waals surface area (Å²) in [6.45, 7) is 6.41. The van der Waals surface area contributed by atoms with Crippen molar-refractivity contribution < 1.29 is 17.9 Å². The van der Waals surface area contributed by atoms with Gasteiger partial charge in [-0.05, 0) is 37.5 Å². The third-order valence-corrected chi connectivity index (χ3v) is 5.00. The molecule has 1 aromatic heterocycles. The second-order valence-electron chi connectivity index (χ2n) is 5.89. The Kier molecular flexibility index (Phi) is 5.08. The molecule has 2 aromatic rings. The number of nitrogens with zero attached hydrogens (tertiary/aromatic N) is 3. The van der Waals surface area contributed by atoms with Crippen LogP contribution in [-0.2, 0) is 6.54 Å². The molecule has 0 saturated heterocycles. The van der Waals surface area contributed by atoms with Crippen molar-refractivity contribution in [2.75, 3.05) is 0 Å². The Balaban J connectivity index is 1.71. The van der Waals surface area contributed by atoms with Crippen LogP contribution >= 0.6 is 11.8 Å². The van der Waals surface area contributed by atoms with Gasteiger partial charge in [0.15, 0.2) is 5.16 Å². The Hall–Kier alpha value is -1.96. The second-order valence-corrected chi connectivity index (χ2v) is 7.20. The van der Waals surface area contributed by atoms with E-state index < -0.39 is 6.36 Å². The SMILES string of the molecule is C=CCn1c(SC(C)c2ccc(OC(F)(F)F)cc2)nnc1C1CC1. The van der Waals surface area contributed by atoms with E-state index in [9.17, 15) is 13.2 Å². The maximum atomic E-state index is 12.2. The number of ether oxygens (including phenoxy) is 1. The van der Waals surface area contributed by atoms with Crippen molar-refractivity contribution >= 4 is 11.8 Å². The van der Waals surface area contributed by atoms with Crippen molar-refractivity contribution in [3.8, 4) is 5.75 Å². The predicted octanol–water partition coefficient (Wildman–Crippen LogP) is 5.09. The third kappa shape index (κ3) is 4.56. The van der Waals surface area contributed by atoms with Crippen molar-refractivity contribution in [3.05, 3.63) is 48.3 Å². The highest BCUT2D eigenvalue weighted by Crippen LogP contribution is 2.42. The van der Waals surface area contributed by atoms with Crippen LogP contribution in [0.5, 0.6) is 5.75 Å². The zero-order chi connectivity index (χ0) is 18.0. The highest BCUT2D eigenvalue weighted by Gasteiger charge is 2.31. The van der Waals surface area contributed by atoms with Gasteiger partial charge in [-0.2, -0.15) is 0 Å². The molecule has 25 heavy (non-hydrogen) atoms.